The highest BCUT2D eigenvalue weighted by atomic mass is 19.1. The molecule has 0 fully saturated rings. The van der Waals surface area contributed by atoms with Crippen LogP contribution in [0.2, 0.25) is 0 Å². The van der Waals surface area contributed by atoms with Gasteiger partial charge in [0.1, 0.15) is 5.69 Å². The molecule has 0 saturated carbocycles. The van der Waals surface area contributed by atoms with Crippen molar-refractivity contribution in [1.82, 2.24) is 0 Å². The Labute approximate surface area is 68.0 Å². The normalized spacial score (nSPS) is 9.83. The largest absolute Gasteiger partial charge is 0.393 e. The minimum atomic E-state index is -0.861. The Morgan fingerprint density at radius 1 is 1.58 bits per heavy atom. The Hall–Kier alpha value is -1.65. The molecule has 1 aromatic rings. The van der Waals surface area contributed by atoms with Crippen molar-refractivity contribution < 1.29 is 9.31 Å². The molecule has 0 bridgehead atoms. The first kappa shape index (κ1) is 8.45. The van der Waals surface area contributed by atoms with Crippen LogP contribution in [0.1, 0.15) is 5.56 Å². The number of anilines is 1. The molecule has 0 amide bonds. The maximum Gasteiger partial charge on any atom is 0.327 e. The molecule has 1 rings (SSSR count). The van der Waals surface area contributed by atoms with Gasteiger partial charge in [-0.15, -0.1) is 0 Å². The van der Waals surface area contributed by atoms with Gasteiger partial charge in [-0.05, 0) is 18.6 Å². The van der Waals surface area contributed by atoms with Crippen molar-refractivity contribution in [2.45, 2.75) is 6.92 Å². The highest BCUT2D eigenvalue weighted by molar-refractivity contribution is 5.60. The molecule has 2 N–H and O–H groups in total. The van der Waals surface area contributed by atoms with Crippen molar-refractivity contribution >= 4 is 11.4 Å². The molecular formula is C7H7FN2O2. The van der Waals surface area contributed by atoms with E-state index >= 15 is 0 Å². The quantitative estimate of drug-likeness (QED) is 0.395. The molecule has 4 nitrogen and oxygen atoms in total. The fraction of sp³-hybridized carbons (Fsp3) is 0.143. The van der Waals surface area contributed by atoms with Crippen molar-refractivity contribution in [3.63, 3.8) is 0 Å². The van der Waals surface area contributed by atoms with Gasteiger partial charge in [0.05, 0.1) is 4.92 Å². The first-order chi connectivity index (χ1) is 5.54. The van der Waals surface area contributed by atoms with Crippen LogP contribution in [-0.2, 0) is 0 Å². The lowest BCUT2D eigenvalue weighted by Crippen LogP contribution is -2.00. The average Bonchev–Trinajstić information content (AvgIpc) is 1.97. The van der Waals surface area contributed by atoms with E-state index < -0.39 is 16.4 Å². The van der Waals surface area contributed by atoms with Crippen molar-refractivity contribution in [1.29, 1.82) is 0 Å². The zero-order valence-corrected chi connectivity index (χ0v) is 6.37. The Bertz CT molecular complexity index is 338. The zero-order chi connectivity index (χ0) is 9.30. The Morgan fingerprint density at radius 2 is 2.17 bits per heavy atom. The van der Waals surface area contributed by atoms with Gasteiger partial charge in [-0.3, -0.25) is 10.1 Å². The SMILES string of the molecule is Cc1ccc(N)c([N+](=O)[O-])c1F. The third kappa shape index (κ3) is 1.20. The molecule has 0 heterocycles. The summed E-state index contributed by atoms with van der Waals surface area (Å²) in [5.74, 6) is -0.861. The molecule has 12 heavy (non-hydrogen) atoms. The van der Waals surface area contributed by atoms with Gasteiger partial charge in [0.15, 0.2) is 0 Å². The van der Waals surface area contributed by atoms with Gasteiger partial charge in [-0.2, -0.15) is 4.39 Å². The summed E-state index contributed by atoms with van der Waals surface area (Å²) in [5.41, 5.74) is 4.63. The minimum absolute atomic E-state index is 0.150. The molecule has 0 radical (unpaired) electrons. The molecule has 0 saturated heterocycles. The molecular weight excluding hydrogens is 163 g/mol. The summed E-state index contributed by atoms with van der Waals surface area (Å²) >= 11 is 0. The van der Waals surface area contributed by atoms with Crippen molar-refractivity contribution in [2.75, 3.05) is 5.73 Å². The number of hydrogen-bond acceptors (Lipinski definition) is 3. The van der Waals surface area contributed by atoms with Crippen LogP contribution in [0.25, 0.3) is 0 Å². The lowest BCUT2D eigenvalue weighted by atomic mass is 10.2. The number of halogens is 1. The minimum Gasteiger partial charge on any atom is -0.393 e. The summed E-state index contributed by atoms with van der Waals surface area (Å²) in [6, 6.07) is 2.72. The standard InChI is InChI=1S/C7H7FN2O2/c1-4-2-3-5(9)7(6(4)8)10(11)12/h2-3H,9H2,1H3. The zero-order valence-electron chi connectivity index (χ0n) is 6.37. The van der Waals surface area contributed by atoms with Gasteiger partial charge in [0.2, 0.25) is 5.82 Å². The third-order valence-corrected chi connectivity index (χ3v) is 1.52. The number of nitrogens with two attached hydrogens (primary N) is 1. The lowest BCUT2D eigenvalue weighted by molar-refractivity contribution is -0.386. The van der Waals surface area contributed by atoms with Crippen LogP contribution in [0, 0.1) is 22.9 Å². The van der Waals surface area contributed by atoms with E-state index in [0.29, 0.717) is 0 Å². The third-order valence-electron chi connectivity index (χ3n) is 1.52. The van der Waals surface area contributed by atoms with E-state index in [0.717, 1.165) is 0 Å². The van der Waals surface area contributed by atoms with Crippen LogP contribution in [0.4, 0.5) is 15.8 Å². The second kappa shape index (κ2) is 2.77. The van der Waals surface area contributed by atoms with Crippen LogP contribution in [0.5, 0.6) is 0 Å². The van der Waals surface area contributed by atoms with Gasteiger partial charge in [0.25, 0.3) is 0 Å². The first-order valence-electron chi connectivity index (χ1n) is 3.23. The lowest BCUT2D eigenvalue weighted by Gasteiger charge is -1.99. The maximum absolute atomic E-state index is 13.0. The average molecular weight is 170 g/mol. The number of hydrogen-bond donors (Lipinski definition) is 1. The predicted octanol–water partition coefficient (Wildman–Crippen LogP) is 1.62. The first-order valence-corrected chi connectivity index (χ1v) is 3.23. The monoisotopic (exact) mass is 170 g/mol. The number of rotatable bonds is 1. The summed E-state index contributed by atoms with van der Waals surface area (Å²) < 4.78 is 13.0. The molecule has 0 aromatic heterocycles. The summed E-state index contributed by atoms with van der Waals surface area (Å²) in [6.07, 6.45) is 0. The van der Waals surface area contributed by atoms with Crippen LogP contribution < -0.4 is 5.73 Å². The smallest absolute Gasteiger partial charge is 0.327 e. The number of benzene rings is 1. The molecule has 0 unspecified atom stereocenters. The summed E-state index contributed by atoms with van der Waals surface area (Å²) in [4.78, 5) is 9.46. The molecule has 0 spiro atoms. The molecule has 0 aliphatic carbocycles. The number of nitrogens with zero attached hydrogens (tertiary/aromatic N) is 1. The van der Waals surface area contributed by atoms with Gasteiger partial charge < -0.3 is 5.73 Å². The van der Waals surface area contributed by atoms with Crippen LogP contribution in [0.3, 0.4) is 0 Å². The van der Waals surface area contributed by atoms with E-state index in [4.69, 9.17) is 5.73 Å². The fourth-order valence-electron chi connectivity index (χ4n) is 0.866. The highest BCUT2D eigenvalue weighted by Crippen LogP contribution is 2.26. The predicted molar refractivity (Wildman–Crippen MR) is 42.2 cm³/mol. The van der Waals surface area contributed by atoms with Gasteiger partial charge in [-0.25, -0.2) is 0 Å². The second-order valence-corrected chi connectivity index (χ2v) is 2.39. The molecule has 1 aromatic carbocycles. The Morgan fingerprint density at radius 3 is 2.58 bits per heavy atom. The van der Waals surface area contributed by atoms with E-state index in [1.807, 2.05) is 0 Å². The summed E-state index contributed by atoms with van der Waals surface area (Å²) in [5, 5.41) is 10.3. The number of aryl methyl sites for hydroxylation is 1. The molecule has 0 aliphatic heterocycles. The van der Waals surface area contributed by atoms with Gasteiger partial charge >= 0.3 is 5.69 Å². The number of nitrogen functional groups attached to an aromatic ring is 1. The van der Waals surface area contributed by atoms with Crippen molar-refractivity contribution in [2.24, 2.45) is 0 Å². The Balaban J connectivity index is 3.43. The second-order valence-electron chi connectivity index (χ2n) is 2.39. The van der Waals surface area contributed by atoms with E-state index in [9.17, 15) is 14.5 Å². The van der Waals surface area contributed by atoms with Crippen molar-refractivity contribution in [3.8, 4) is 0 Å². The Kier molecular flexibility index (Phi) is 1.95. The topological polar surface area (TPSA) is 69.2 Å². The number of nitro benzene ring substituents is 1. The molecule has 0 aliphatic rings. The summed E-state index contributed by atoms with van der Waals surface area (Å²) in [7, 11) is 0. The van der Waals surface area contributed by atoms with Crippen LogP contribution in [0.15, 0.2) is 12.1 Å². The van der Waals surface area contributed by atoms with E-state index in [2.05, 4.69) is 0 Å². The number of nitro groups is 1. The molecule has 5 heteroatoms. The molecule has 64 valence electrons. The van der Waals surface area contributed by atoms with E-state index in [1.54, 1.807) is 0 Å². The van der Waals surface area contributed by atoms with Gasteiger partial charge in [-0.1, -0.05) is 6.07 Å². The molecule has 0 atom stereocenters. The van der Waals surface area contributed by atoms with Gasteiger partial charge in [0, 0.05) is 0 Å². The highest BCUT2D eigenvalue weighted by Gasteiger charge is 2.19. The van der Waals surface area contributed by atoms with Crippen LogP contribution in [-0.4, -0.2) is 4.92 Å². The van der Waals surface area contributed by atoms with Crippen LogP contribution >= 0.6 is 0 Å². The van der Waals surface area contributed by atoms with Crippen molar-refractivity contribution in [3.05, 3.63) is 33.6 Å². The maximum atomic E-state index is 13.0. The summed E-state index contributed by atoms with van der Waals surface area (Å²) in [6.45, 7) is 1.45. The van der Waals surface area contributed by atoms with E-state index in [-0.39, 0.29) is 11.3 Å². The van der Waals surface area contributed by atoms with E-state index in [1.165, 1.54) is 19.1 Å². The fourth-order valence-corrected chi connectivity index (χ4v) is 0.866.